The zero-order valence-corrected chi connectivity index (χ0v) is 12.9. The van der Waals surface area contributed by atoms with E-state index in [-0.39, 0.29) is 5.78 Å². The van der Waals surface area contributed by atoms with Crippen molar-refractivity contribution >= 4 is 11.5 Å². The molecule has 0 unspecified atom stereocenters. The summed E-state index contributed by atoms with van der Waals surface area (Å²) in [4.78, 5) is 16.0. The second-order valence-electron chi connectivity index (χ2n) is 4.93. The average molecular weight is 296 g/mol. The van der Waals surface area contributed by atoms with E-state index in [4.69, 9.17) is 4.74 Å². The fourth-order valence-electron chi connectivity index (χ4n) is 1.91. The molecule has 0 atom stereocenters. The monoisotopic (exact) mass is 296 g/mol. The molecule has 1 aromatic heterocycles. The number of aromatic nitrogens is 1. The SMILES string of the molecule is CCCOc1ccc(N/C(C)=C/C(=O)c2cccnc2)cc1. The largest absolute Gasteiger partial charge is 0.494 e. The molecule has 0 spiro atoms. The van der Waals surface area contributed by atoms with Crippen molar-refractivity contribution in [3.05, 3.63) is 66.1 Å². The number of ether oxygens (including phenoxy) is 1. The number of allylic oxidation sites excluding steroid dienone is 2. The zero-order chi connectivity index (χ0) is 15.8. The molecule has 0 aliphatic carbocycles. The minimum Gasteiger partial charge on any atom is -0.494 e. The number of ketones is 1. The predicted molar refractivity (Wildman–Crippen MR) is 88.2 cm³/mol. The molecular weight excluding hydrogens is 276 g/mol. The molecule has 4 nitrogen and oxygen atoms in total. The first-order valence-corrected chi connectivity index (χ1v) is 7.31. The summed E-state index contributed by atoms with van der Waals surface area (Å²) in [6.07, 6.45) is 5.76. The van der Waals surface area contributed by atoms with Crippen LogP contribution >= 0.6 is 0 Å². The van der Waals surface area contributed by atoms with Crippen molar-refractivity contribution in [3.63, 3.8) is 0 Å². The summed E-state index contributed by atoms with van der Waals surface area (Å²) in [6, 6.07) is 11.2. The number of nitrogens with zero attached hydrogens (tertiary/aromatic N) is 1. The number of rotatable bonds is 7. The van der Waals surface area contributed by atoms with Gasteiger partial charge in [0, 0.05) is 35.4 Å². The molecule has 0 aliphatic heterocycles. The van der Waals surface area contributed by atoms with Crippen LogP contribution in [0.1, 0.15) is 30.6 Å². The minimum atomic E-state index is -0.0685. The van der Waals surface area contributed by atoms with Crippen LogP contribution in [-0.2, 0) is 0 Å². The standard InChI is InChI=1S/C18H20N2O2/c1-3-11-22-17-8-6-16(7-9-17)20-14(2)12-18(21)15-5-4-10-19-13-15/h4-10,12-13,20H,3,11H2,1-2H3/b14-12+. The van der Waals surface area contributed by atoms with Crippen molar-refractivity contribution in [2.75, 3.05) is 11.9 Å². The van der Waals surface area contributed by atoms with Crippen molar-refractivity contribution in [2.45, 2.75) is 20.3 Å². The molecule has 0 saturated carbocycles. The number of hydrogen-bond donors (Lipinski definition) is 1. The van der Waals surface area contributed by atoms with E-state index in [1.807, 2.05) is 31.2 Å². The summed E-state index contributed by atoms with van der Waals surface area (Å²) in [5.74, 6) is 0.779. The van der Waals surface area contributed by atoms with E-state index in [9.17, 15) is 4.79 Å². The first-order valence-electron chi connectivity index (χ1n) is 7.31. The molecular formula is C18H20N2O2. The van der Waals surface area contributed by atoms with Gasteiger partial charge in [-0.3, -0.25) is 9.78 Å². The highest BCUT2D eigenvalue weighted by molar-refractivity contribution is 6.04. The first kappa shape index (κ1) is 15.8. The molecule has 1 aromatic carbocycles. The Morgan fingerprint density at radius 2 is 2.05 bits per heavy atom. The molecule has 1 heterocycles. The van der Waals surface area contributed by atoms with E-state index in [1.165, 1.54) is 0 Å². The number of benzene rings is 1. The van der Waals surface area contributed by atoms with Gasteiger partial charge in [0.15, 0.2) is 5.78 Å². The van der Waals surface area contributed by atoms with Gasteiger partial charge in [0.25, 0.3) is 0 Å². The summed E-state index contributed by atoms with van der Waals surface area (Å²) in [5, 5.41) is 3.19. The Morgan fingerprint density at radius 1 is 1.27 bits per heavy atom. The Hall–Kier alpha value is -2.62. The maximum atomic E-state index is 12.0. The van der Waals surface area contributed by atoms with Gasteiger partial charge in [-0.15, -0.1) is 0 Å². The third kappa shape index (κ3) is 4.74. The lowest BCUT2D eigenvalue weighted by atomic mass is 10.1. The van der Waals surface area contributed by atoms with Crippen molar-refractivity contribution < 1.29 is 9.53 Å². The fourth-order valence-corrected chi connectivity index (χ4v) is 1.91. The Morgan fingerprint density at radius 3 is 2.68 bits per heavy atom. The molecule has 0 fully saturated rings. The second kappa shape index (κ2) is 7.98. The molecule has 0 aliphatic rings. The minimum absolute atomic E-state index is 0.0685. The highest BCUT2D eigenvalue weighted by Crippen LogP contribution is 2.17. The molecule has 0 amide bonds. The van der Waals surface area contributed by atoms with Crippen molar-refractivity contribution in [3.8, 4) is 5.75 Å². The van der Waals surface area contributed by atoms with Gasteiger partial charge >= 0.3 is 0 Å². The van der Waals surface area contributed by atoms with Crippen LogP contribution in [0.4, 0.5) is 5.69 Å². The van der Waals surface area contributed by atoms with E-state index in [2.05, 4.69) is 17.2 Å². The normalized spacial score (nSPS) is 11.1. The first-order chi connectivity index (χ1) is 10.7. The van der Waals surface area contributed by atoms with E-state index < -0.39 is 0 Å². The summed E-state index contributed by atoms with van der Waals surface area (Å²) in [5.41, 5.74) is 2.26. The lowest BCUT2D eigenvalue weighted by Crippen LogP contribution is -2.02. The summed E-state index contributed by atoms with van der Waals surface area (Å²) in [6.45, 7) is 4.64. The van der Waals surface area contributed by atoms with Gasteiger partial charge in [-0.2, -0.15) is 0 Å². The van der Waals surface area contributed by atoms with Crippen LogP contribution in [0.15, 0.2) is 60.6 Å². The van der Waals surface area contributed by atoms with Gasteiger partial charge in [-0.1, -0.05) is 6.92 Å². The highest BCUT2D eigenvalue weighted by atomic mass is 16.5. The van der Waals surface area contributed by atoms with E-state index in [1.54, 1.807) is 30.6 Å². The van der Waals surface area contributed by atoms with E-state index in [0.29, 0.717) is 12.2 Å². The number of nitrogens with one attached hydrogen (secondary N) is 1. The van der Waals surface area contributed by atoms with Crippen LogP contribution in [0.2, 0.25) is 0 Å². The molecule has 0 radical (unpaired) electrons. The van der Waals surface area contributed by atoms with Gasteiger partial charge in [-0.25, -0.2) is 0 Å². The van der Waals surface area contributed by atoms with Gasteiger partial charge in [0.1, 0.15) is 5.75 Å². The van der Waals surface area contributed by atoms with Crippen molar-refractivity contribution in [1.82, 2.24) is 4.98 Å². The van der Waals surface area contributed by atoms with E-state index >= 15 is 0 Å². The Labute approximate surface area is 130 Å². The number of anilines is 1. The van der Waals surface area contributed by atoms with Crippen LogP contribution in [0.5, 0.6) is 5.75 Å². The van der Waals surface area contributed by atoms with Gasteiger partial charge < -0.3 is 10.1 Å². The smallest absolute Gasteiger partial charge is 0.189 e. The van der Waals surface area contributed by atoms with Gasteiger partial charge in [0.2, 0.25) is 0 Å². The third-order valence-corrected chi connectivity index (χ3v) is 2.96. The molecule has 0 bridgehead atoms. The maximum Gasteiger partial charge on any atom is 0.189 e. The summed E-state index contributed by atoms with van der Waals surface area (Å²) >= 11 is 0. The van der Waals surface area contributed by atoms with Crippen LogP contribution in [-0.4, -0.2) is 17.4 Å². The zero-order valence-electron chi connectivity index (χ0n) is 12.9. The molecule has 0 saturated heterocycles. The van der Waals surface area contributed by atoms with Gasteiger partial charge in [0.05, 0.1) is 6.61 Å². The quantitative estimate of drug-likeness (QED) is 0.618. The topological polar surface area (TPSA) is 51.2 Å². The molecule has 2 aromatic rings. The van der Waals surface area contributed by atoms with Crippen LogP contribution in [0.3, 0.4) is 0 Å². The van der Waals surface area contributed by atoms with Gasteiger partial charge in [-0.05, 0) is 49.7 Å². The Bertz CT molecular complexity index is 634. The van der Waals surface area contributed by atoms with Crippen LogP contribution < -0.4 is 10.1 Å². The number of pyridine rings is 1. The highest BCUT2D eigenvalue weighted by Gasteiger charge is 2.03. The van der Waals surface area contributed by atoms with E-state index in [0.717, 1.165) is 23.6 Å². The second-order valence-corrected chi connectivity index (χ2v) is 4.93. The summed E-state index contributed by atoms with van der Waals surface area (Å²) in [7, 11) is 0. The van der Waals surface area contributed by atoms with Crippen molar-refractivity contribution in [1.29, 1.82) is 0 Å². The van der Waals surface area contributed by atoms with Crippen LogP contribution in [0, 0.1) is 0 Å². The lowest BCUT2D eigenvalue weighted by molar-refractivity contribution is 0.104. The molecule has 22 heavy (non-hydrogen) atoms. The molecule has 4 heteroatoms. The molecule has 114 valence electrons. The molecule has 2 rings (SSSR count). The number of carbonyl (C=O) groups excluding carboxylic acids is 1. The third-order valence-electron chi connectivity index (χ3n) is 2.96. The molecule has 1 N–H and O–H groups in total. The van der Waals surface area contributed by atoms with Crippen LogP contribution in [0.25, 0.3) is 0 Å². The summed E-state index contributed by atoms with van der Waals surface area (Å²) < 4.78 is 5.53. The average Bonchev–Trinajstić information content (AvgIpc) is 2.55. The Balaban J connectivity index is 1.97. The predicted octanol–water partition coefficient (Wildman–Crippen LogP) is 4.07. The lowest BCUT2D eigenvalue weighted by Gasteiger charge is -2.08. The Kier molecular flexibility index (Phi) is 5.72. The fraction of sp³-hybridized carbons (Fsp3) is 0.222. The maximum absolute atomic E-state index is 12.0. The van der Waals surface area contributed by atoms with Crippen molar-refractivity contribution in [2.24, 2.45) is 0 Å². The number of carbonyl (C=O) groups is 1. The number of hydrogen-bond acceptors (Lipinski definition) is 4.